The first-order chi connectivity index (χ1) is 8.66. The number of aryl methyl sites for hydroxylation is 2. The van der Waals surface area contributed by atoms with Crippen LogP contribution in [0.15, 0.2) is 33.6 Å². The fraction of sp³-hybridized carbons (Fsp3) is 0.154. The van der Waals surface area contributed by atoms with Crippen molar-refractivity contribution in [2.24, 2.45) is 0 Å². The molecule has 90 valence electrons. The van der Waals surface area contributed by atoms with Crippen molar-refractivity contribution in [1.29, 1.82) is 0 Å². The third kappa shape index (κ3) is 1.52. The Morgan fingerprint density at radius 1 is 1.17 bits per heavy atom. The number of nitrogens with one attached hydrogen (secondary N) is 1. The molecule has 3 rings (SSSR count). The lowest BCUT2D eigenvalue weighted by atomic mass is 10.1. The molecule has 2 aromatic heterocycles. The average molecular weight is 241 g/mol. The summed E-state index contributed by atoms with van der Waals surface area (Å²) in [5, 5.41) is 11.0. The number of benzene rings is 1. The van der Waals surface area contributed by atoms with Crippen LogP contribution in [0.3, 0.4) is 0 Å². The quantitative estimate of drug-likeness (QED) is 0.708. The first-order valence-corrected chi connectivity index (χ1v) is 5.58. The SMILES string of the molecule is Cc1ccc(-c2n[nH]c(=O)c3noc(C)c23)cc1. The zero-order valence-electron chi connectivity index (χ0n) is 10.0. The van der Waals surface area contributed by atoms with Crippen molar-refractivity contribution in [3.8, 4) is 11.3 Å². The molecule has 0 aliphatic carbocycles. The van der Waals surface area contributed by atoms with E-state index < -0.39 is 0 Å². The molecular formula is C13H11N3O2. The Kier molecular flexibility index (Phi) is 2.26. The number of rotatable bonds is 1. The number of fused-ring (bicyclic) bond motifs is 1. The molecule has 0 spiro atoms. The lowest BCUT2D eigenvalue weighted by Gasteiger charge is -2.02. The highest BCUT2D eigenvalue weighted by atomic mass is 16.5. The molecule has 0 radical (unpaired) electrons. The van der Waals surface area contributed by atoms with Gasteiger partial charge >= 0.3 is 0 Å². The summed E-state index contributed by atoms with van der Waals surface area (Å²) in [5.41, 5.74) is 2.73. The van der Waals surface area contributed by atoms with Crippen LogP contribution in [0.25, 0.3) is 22.2 Å². The van der Waals surface area contributed by atoms with Gasteiger partial charge in [0.05, 0.1) is 5.39 Å². The molecule has 0 aliphatic heterocycles. The molecule has 0 unspecified atom stereocenters. The van der Waals surface area contributed by atoms with Crippen molar-refractivity contribution < 1.29 is 4.52 Å². The van der Waals surface area contributed by atoms with Crippen LogP contribution in [0.4, 0.5) is 0 Å². The zero-order chi connectivity index (χ0) is 12.7. The van der Waals surface area contributed by atoms with Crippen LogP contribution in [-0.2, 0) is 0 Å². The molecule has 0 amide bonds. The third-order valence-electron chi connectivity index (χ3n) is 2.91. The van der Waals surface area contributed by atoms with E-state index in [4.69, 9.17) is 4.52 Å². The Hall–Kier alpha value is -2.43. The number of nitrogens with zero attached hydrogens (tertiary/aromatic N) is 2. The Labute approximate surface area is 102 Å². The molecule has 0 saturated heterocycles. The Morgan fingerprint density at radius 3 is 2.61 bits per heavy atom. The summed E-state index contributed by atoms with van der Waals surface area (Å²) in [5.74, 6) is 0.596. The van der Waals surface area contributed by atoms with Crippen LogP contribution >= 0.6 is 0 Å². The molecule has 0 bridgehead atoms. The summed E-state index contributed by atoms with van der Waals surface area (Å²) in [6, 6.07) is 7.91. The van der Waals surface area contributed by atoms with Crippen molar-refractivity contribution >= 4 is 10.9 Å². The molecule has 5 heteroatoms. The van der Waals surface area contributed by atoms with Gasteiger partial charge in [0.1, 0.15) is 11.5 Å². The molecule has 1 aromatic carbocycles. The lowest BCUT2D eigenvalue weighted by molar-refractivity contribution is 0.405. The summed E-state index contributed by atoms with van der Waals surface area (Å²) < 4.78 is 5.07. The summed E-state index contributed by atoms with van der Waals surface area (Å²) in [4.78, 5) is 11.6. The van der Waals surface area contributed by atoms with Gasteiger partial charge in [-0.1, -0.05) is 35.0 Å². The van der Waals surface area contributed by atoms with Gasteiger partial charge < -0.3 is 4.52 Å². The van der Waals surface area contributed by atoms with Crippen molar-refractivity contribution in [2.75, 3.05) is 0 Å². The average Bonchev–Trinajstić information content (AvgIpc) is 2.75. The molecule has 2 heterocycles. The van der Waals surface area contributed by atoms with E-state index in [9.17, 15) is 4.79 Å². The minimum absolute atomic E-state index is 0.290. The molecule has 0 fully saturated rings. The smallest absolute Gasteiger partial charge is 0.294 e. The van der Waals surface area contributed by atoms with Gasteiger partial charge in [-0.3, -0.25) is 4.79 Å². The molecule has 3 aromatic rings. The second-order valence-electron chi connectivity index (χ2n) is 4.23. The minimum atomic E-state index is -0.335. The highest BCUT2D eigenvalue weighted by Gasteiger charge is 2.15. The Morgan fingerprint density at radius 2 is 1.89 bits per heavy atom. The predicted molar refractivity (Wildman–Crippen MR) is 67.3 cm³/mol. The van der Waals surface area contributed by atoms with Crippen LogP contribution in [0.1, 0.15) is 11.3 Å². The van der Waals surface area contributed by atoms with Gasteiger partial charge in [-0.05, 0) is 13.8 Å². The summed E-state index contributed by atoms with van der Waals surface area (Å²) in [7, 11) is 0. The molecule has 0 atom stereocenters. The van der Waals surface area contributed by atoms with Crippen molar-refractivity contribution in [1.82, 2.24) is 15.4 Å². The van der Waals surface area contributed by atoms with Crippen LogP contribution in [0.5, 0.6) is 0 Å². The van der Waals surface area contributed by atoms with Gasteiger partial charge in [-0.15, -0.1) is 0 Å². The van der Waals surface area contributed by atoms with E-state index in [2.05, 4.69) is 15.4 Å². The number of H-pyrrole nitrogens is 1. The van der Waals surface area contributed by atoms with Crippen LogP contribution in [0.2, 0.25) is 0 Å². The van der Waals surface area contributed by atoms with E-state index >= 15 is 0 Å². The minimum Gasteiger partial charge on any atom is -0.360 e. The predicted octanol–water partition coefficient (Wildman–Crippen LogP) is 2.19. The second kappa shape index (κ2) is 3.80. The first-order valence-electron chi connectivity index (χ1n) is 5.58. The second-order valence-corrected chi connectivity index (χ2v) is 4.23. The monoisotopic (exact) mass is 241 g/mol. The summed E-state index contributed by atoms with van der Waals surface area (Å²) >= 11 is 0. The van der Waals surface area contributed by atoms with Gasteiger partial charge in [-0.25, -0.2) is 5.10 Å². The van der Waals surface area contributed by atoms with Gasteiger partial charge in [0.2, 0.25) is 0 Å². The topological polar surface area (TPSA) is 71.8 Å². The van der Waals surface area contributed by atoms with E-state index in [1.54, 1.807) is 6.92 Å². The van der Waals surface area contributed by atoms with E-state index in [0.29, 0.717) is 16.8 Å². The van der Waals surface area contributed by atoms with Crippen molar-refractivity contribution in [3.05, 3.63) is 45.9 Å². The van der Waals surface area contributed by atoms with Crippen molar-refractivity contribution in [2.45, 2.75) is 13.8 Å². The zero-order valence-corrected chi connectivity index (χ0v) is 10.0. The highest BCUT2D eigenvalue weighted by Crippen LogP contribution is 2.26. The number of hydrogen-bond donors (Lipinski definition) is 1. The fourth-order valence-corrected chi connectivity index (χ4v) is 1.94. The lowest BCUT2D eigenvalue weighted by Crippen LogP contribution is -2.09. The standard InChI is InChI=1S/C13H11N3O2/c1-7-3-5-9(6-4-7)11-10-8(2)18-16-12(10)13(17)15-14-11/h3-6H,1-2H3,(H,15,17). The van der Waals surface area contributed by atoms with Gasteiger partial charge in [0, 0.05) is 5.56 Å². The van der Waals surface area contributed by atoms with E-state index in [-0.39, 0.29) is 11.1 Å². The van der Waals surface area contributed by atoms with E-state index in [1.165, 1.54) is 5.56 Å². The molecule has 1 N–H and O–H groups in total. The number of hydrogen-bond acceptors (Lipinski definition) is 4. The third-order valence-corrected chi connectivity index (χ3v) is 2.91. The van der Waals surface area contributed by atoms with Crippen LogP contribution in [-0.4, -0.2) is 15.4 Å². The van der Waals surface area contributed by atoms with Gasteiger partial charge in [0.15, 0.2) is 5.52 Å². The van der Waals surface area contributed by atoms with Gasteiger partial charge in [-0.2, -0.15) is 5.10 Å². The maximum absolute atomic E-state index is 11.6. The summed E-state index contributed by atoms with van der Waals surface area (Å²) in [6.07, 6.45) is 0. The highest BCUT2D eigenvalue weighted by molar-refractivity contribution is 5.92. The van der Waals surface area contributed by atoms with Crippen molar-refractivity contribution in [3.63, 3.8) is 0 Å². The normalized spacial score (nSPS) is 11.0. The molecule has 0 aliphatic rings. The molecular weight excluding hydrogens is 230 g/mol. The largest absolute Gasteiger partial charge is 0.360 e. The van der Waals surface area contributed by atoms with E-state index in [1.807, 2.05) is 31.2 Å². The number of aromatic amines is 1. The van der Waals surface area contributed by atoms with E-state index in [0.717, 1.165) is 5.56 Å². The summed E-state index contributed by atoms with van der Waals surface area (Å²) in [6.45, 7) is 3.79. The molecule has 0 saturated carbocycles. The van der Waals surface area contributed by atoms with Crippen LogP contribution < -0.4 is 5.56 Å². The van der Waals surface area contributed by atoms with Gasteiger partial charge in [0.25, 0.3) is 5.56 Å². The fourth-order valence-electron chi connectivity index (χ4n) is 1.94. The maximum Gasteiger partial charge on any atom is 0.294 e. The van der Waals surface area contributed by atoms with Crippen LogP contribution in [0, 0.1) is 13.8 Å². The number of aromatic nitrogens is 3. The Bertz CT molecular complexity index is 769. The first kappa shape index (κ1) is 10.7. The molecule has 5 nitrogen and oxygen atoms in total. The maximum atomic E-state index is 11.6. The molecule has 18 heavy (non-hydrogen) atoms. The Balaban J connectivity index is 2.36.